The highest BCUT2D eigenvalue weighted by atomic mass is 32.2. The highest BCUT2D eigenvalue weighted by molar-refractivity contribution is 7.89. The monoisotopic (exact) mass is 602 g/mol. The van der Waals surface area contributed by atoms with Crippen molar-refractivity contribution in [3.8, 4) is 11.5 Å². The zero-order valence-corrected chi connectivity index (χ0v) is 24.5. The van der Waals surface area contributed by atoms with Crippen molar-refractivity contribution in [1.29, 1.82) is 0 Å². The average Bonchev–Trinajstić information content (AvgIpc) is 3.68. The lowest BCUT2D eigenvalue weighted by molar-refractivity contribution is -0.143. The summed E-state index contributed by atoms with van der Waals surface area (Å²) < 4.78 is 37.6. The van der Waals surface area contributed by atoms with Crippen LogP contribution in [0.25, 0.3) is 0 Å². The van der Waals surface area contributed by atoms with E-state index in [2.05, 4.69) is 4.98 Å². The number of carbonyl (C=O) groups is 2. The molecule has 12 nitrogen and oxygen atoms in total. The molecule has 3 aliphatic rings. The van der Waals surface area contributed by atoms with Crippen LogP contribution in [0.1, 0.15) is 49.7 Å². The van der Waals surface area contributed by atoms with Crippen molar-refractivity contribution >= 4 is 27.6 Å². The molecule has 42 heavy (non-hydrogen) atoms. The van der Waals surface area contributed by atoms with Gasteiger partial charge in [-0.3, -0.25) is 19.5 Å². The van der Waals surface area contributed by atoms with E-state index in [4.69, 9.17) is 9.47 Å². The zero-order chi connectivity index (χ0) is 29.9. The Bertz CT molecular complexity index is 1390. The molecule has 3 atom stereocenters. The molecule has 1 aromatic heterocycles. The Morgan fingerprint density at radius 1 is 1.24 bits per heavy atom. The number of fused-ring (bicyclic) bond motifs is 1. The Kier molecular flexibility index (Phi) is 9.31. The number of aliphatic hydroxyl groups excluding tert-OH is 1. The van der Waals surface area contributed by atoms with Crippen LogP contribution in [0.3, 0.4) is 0 Å². The number of aliphatic hydroxyl groups is 1. The molecule has 0 saturated carbocycles. The molecule has 5 rings (SSSR count). The van der Waals surface area contributed by atoms with Gasteiger partial charge < -0.3 is 24.6 Å². The highest BCUT2D eigenvalue weighted by Gasteiger charge is 2.48. The number of unbranched alkanes of at least 4 members (excludes halogenated alkanes) is 1. The van der Waals surface area contributed by atoms with Crippen molar-refractivity contribution < 1.29 is 37.7 Å². The van der Waals surface area contributed by atoms with Crippen LogP contribution in [-0.2, 0) is 26.2 Å². The lowest BCUT2D eigenvalue weighted by atomic mass is 9.83. The molecule has 13 heteroatoms. The van der Waals surface area contributed by atoms with Gasteiger partial charge in [0.15, 0.2) is 11.5 Å². The molecule has 1 aromatic carbocycles. The van der Waals surface area contributed by atoms with E-state index >= 15 is 0 Å². The predicted octanol–water partition coefficient (Wildman–Crippen LogP) is 2.03. The minimum Gasteiger partial charge on any atom is -0.481 e. The summed E-state index contributed by atoms with van der Waals surface area (Å²) in [5, 5.41) is 20.5. The lowest BCUT2D eigenvalue weighted by Crippen LogP contribution is -2.45. The van der Waals surface area contributed by atoms with Gasteiger partial charge in [0.25, 0.3) is 0 Å². The second-order valence-electron chi connectivity index (χ2n) is 11.0. The molecule has 3 aliphatic heterocycles. The fourth-order valence-electron chi connectivity index (χ4n) is 6.33. The summed E-state index contributed by atoms with van der Waals surface area (Å²) in [7, 11) is -3.37. The number of hydrogen-bond acceptors (Lipinski definition) is 9. The molecule has 2 saturated heterocycles. The van der Waals surface area contributed by atoms with Crippen LogP contribution in [0.15, 0.2) is 36.7 Å². The number of carbonyl (C=O) groups excluding carboxylic acids is 1. The van der Waals surface area contributed by atoms with Crippen LogP contribution in [0.4, 0.5) is 5.69 Å². The van der Waals surface area contributed by atoms with Crippen LogP contribution < -0.4 is 14.4 Å². The number of ether oxygens (including phenoxy) is 2. The third kappa shape index (κ3) is 6.24. The molecule has 2 fully saturated rings. The first-order chi connectivity index (χ1) is 20.2. The van der Waals surface area contributed by atoms with E-state index in [1.165, 1.54) is 4.31 Å². The van der Waals surface area contributed by atoms with Gasteiger partial charge in [-0.05, 0) is 49.1 Å². The van der Waals surface area contributed by atoms with Gasteiger partial charge in [0.05, 0.1) is 36.7 Å². The van der Waals surface area contributed by atoms with Crippen molar-refractivity contribution in [1.82, 2.24) is 14.2 Å². The normalized spacial score (nSPS) is 23.3. The molecule has 4 heterocycles. The molecule has 0 aliphatic carbocycles. The van der Waals surface area contributed by atoms with E-state index in [0.717, 1.165) is 12.8 Å². The molecule has 0 bridgehead atoms. The van der Waals surface area contributed by atoms with E-state index < -0.39 is 33.9 Å². The first-order valence-corrected chi connectivity index (χ1v) is 16.0. The fourth-order valence-corrected chi connectivity index (χ4v) is 7.88. The number of benzene rings is 1. The van der Waals surface area contributed by atoms with Gasteiger partial charge in [-0.1, -0.05) is 13.3 Å². The number of sulfonamides is 1. The number of nitrogens with zero attached hydrogens (tertiary/aromatic N) is 4. The first-order valence-electron chi connectivity index (χ1n) is 14.4. The quantitative estimate of drug-likeness (QED) is 0.370. The molecular weight excluding hydrogens is 564 g/mol. The molecule has 1 amide bonds. The number of likely N-dealkylation sites (tertiary alicyclic amines) is 1. The van der Waals surface area contributed by atoms with Gasteiger partial charge in [0.2, 0.25) is 22.7 Å². The first kappa shape index (κ1) is 30.2. The summed E-state index contributed by atoms with van der Waals surface area (Å²) >= 11 is 0. The summed E-state index contributed by atoms with van der Waals surface area (Å²) in [6.45, 7) is 3.06. The number of aromatic nitrogens is 1. The number of aliphatic carboxylic acids is 1. The summed E-state index contributed by atoms with van der Waals surface area (Å²) in [5.41, 5.74) is 1.84. The largest absolute Gasteiger partial charge is 0.481 e. The summed E-state index contributed by atoms with van der Waals surface area (Å²) in [4.78, 5) is 34.4. The van der Waals surface area contributed by atoms with Gasteiger partial charge in [-0.15, -0.1) is 0 Å². The second-order valence-corrected chi connectivity index (χ2v) is 13.1. The van der Waals surface area contributed by atoms with E-state index in [1.54, 1.807) is 35.5 Å². The Hall–Kier alpha value is -3.26. The van der Waals surface area contributed by atoms with Crippen molar-refractivity contribution in [2.45, 2.75) is 51.2 Å². The summed E-state index contributed by atoms with van der Waals surface area (Å²) in [6.07, 6.45) is 5.76. The van der Waals surface area contributed by atoms with Crippen LogP contribution in [0.5, 0.6) is 11.5 Å². The minimum absolute atomic E-state index is 0.00824. The Labute approximate surface area is 245 Å². The van der Waals surface area contributed by atoms with Gasteiger partial charge in [-0.2, -0.15) is 0 Å². The van der Waals surface area contributed by atoms with E-state index in [-0.39, 0.29) is 51.1 Å². The van der Waals surface area contributed by atoms with E-state index in [9.17, 15) is 28.2 Å². The van der Waals surface area contributed by atoms with E-state index in [1.807, 2.05) is 17.9 Å². The number of amides is 1. The van der Waals surface area contributed by atoms with E-state index in [0.29, 0.717) is 47.8 Å². The number of carboxylic acids is 1. The third-order valence-electron chi connectivity index (χ3n) is 8.41. The van der Waals surface area contributed by atoms with Crippen molar-refractivity contribution in [2.24, 2.45) is 5.92 Å². The van der Waals surface area contributed by atoms with Crippen molar-refractivity contribution in [2.75, 3.05) is 50.2 Å². The second kappa shape index (κ2) is 12.9. The zero-order valence-electron chi connectivity index (χ0n) is 23.7. The van der Waals surface area contributed by atoms with Crippen molar-refractivity contribution in [3.05, 3.63) is 47.8 Å². The summed E-state index contributed by atoms with van der Waals surface area (Å²) in [5.74, 6) is -1.68. The number of hydrogen-bond donors (Lipinski definition) is 2. The average molecular weight is 603 g/mol. The number of pyridine rings is 1. The van der Waals surface area contributed by atoms with Crippen molar-refractivity contribution in [3.63, 3.8) is 0 Å². The van der Waals surface area contributed by atoms with Crippen LogP contribution in [0, 0.1) is 5.92 Å². The third-order valence-corrected chi connectivity index (χ3v) is 10.4. The Morgan fingerprint density at radius 2 is 2.07 bits per heavy atom. The Morgan fingerprint density at radius 3 is 2.74 bits per heavy atom. The molecule has 2 aromatic rings. The smallest absolute Gasteiger partial charge is 0.308 e. The lowest BCUT2D eigenvalue weighted by Gasteiger charge is -2.30. The fraction of sp³-hybridized carbons (Fsp3) is 0.552. The SMILES string of the molecule is CCCCN(C(=O)CN1C[C@H](c2cc(CO)c3c(c2)OCO3)[C@@H](C(=O)O)[C@@H]1CCN1CCCS1(=O)=O)c1cccnc1. The van der Waals surface area contributed by atoms with Crippen LogP contribution in [-0.4, -0.2) is 96.0 Å². The van der Waals surface area contributed by atoms with Gasteiger partial charge in [0.1, 0.15) is 0 Å². The molecule has 228 valence electrons. The minimum atomic E-state index is -3.37. The van der Waals surface area contributed by atoms with Gasteiger partial charge >= 0.3 is 5.97 Å². The van der Waals surface area contributed by atoms with Gasteiger partial charge in [0, 0.05) is 49.9 Å². The van der Waals surface area contributed by atoms with Crippen LogP contribution in [0.2, 0.25) is 0 Å². The van der Waals surface area contributed by atoms with Gasteiger partial charge in [-0.25, -0.2) is 12.7 Å². The summed E-state index contributed by atoms with van der Waals surface area (Å²) in [6, 6.07) is 6.48. The number of rotatable bonds is 12. The highest BCUT2D eigenvalue weighted by Crippen LogP contribution is 2.44. The topological polar surface area (TPSA) is 150 Å². The number of anilines is 1. The molecule has 0 radical (unpaired) electrons. The molecule has 0 unspecified atom stereocenters. The maximum absolute atomic E-state index is 13.8. The maximum Gasteiger partial charge on any atom is 0.308 e. The molecule has 2 N–H and O–H groups in total. The predicted molar refractivity (Wildman–Crippen MR) is 154 cm³/mol. The number of carboxylic acid groups (broad SMARTS) is 1. The Balaban J connectivity index is 1.47. The standard InChI is InChI=1S/C29H38N4O8S/c1-2-3-10-33(22-6-4-8-30-15-22)26(35)17-31-16-23(20-13-21(18-34)28-25(14-20)40-19-41-28)27(29(36)37)24(31)7-11-32-9-5-12-42(32,38)39/h4,6,8,13-15,23-24,27,34H,2-3,5,7,9-12,16-19H2,1H3,(H,36,37)/t23-,24+,27-/m1/s1. The van der Waals surface area contributed by atoms with Crippen LogP contribution >= 0.6 is 0 Å². The molecule has 0 spiro atoms. The maximum atomic E-state index is 13.8. The molecular formula is C29H38N4O8S.